The Balaban J connectivity index is 1.93. The molecule has 0 aliphatic carbocycles. The Morgan fingerprint density at radius 1 is 1.18 bits per heavy atom. The minimum Gasteiger partial charge on any atom is -0.456 e. The average Bonchev–Trinajstić information content (AvgIpc) is 2.86. The summed E-state index contributed by atoms with van der Waals surface area (Å²) in [5.74, 6) is 1.03. The first-order valence-electron chi connectivity index (χ1n) is 5.70. The van der Waals surface area contributed by atoms with Crippen molar-refractivity contribution in [1.82, 2.24) is 5.32 Å². The minimum atomic E-state index is -0.173. The molecular formula is C14H15NO2. The van der Waals surface area contributed by atoms with Crippen LogP contribution in [-0.4, -0.2) is 5.91 Å². The van der Waals surface area contributed by atoms with Crippen LogP contribution < -0.4 is 5.32 Å². The number of nitrogens with one attached hydrogen (secondary N) is 1. The summed E-state index contributed by atoms with van der Waals surface area (Å²) in [6.45, 7) is 2.51. The number of rotatable bonds is 4. The molecule has 0 spiro atoms. The highest BCUT2D eigenvalue weighted by molar-refractivity contribution is 5.91. The van der Waals surface area contributed by atoms with Gasteiger partial charge < -0.3 is 9.73 Å². The zero-order valence-corrected chi connectivity index (χ0v) is 9.77. The fraction of sp³-hybridized carbons (Fsp3) is 0.214. The van der Waals surface area contributed by atoms with Gasteiger partial charge in [0, 0.05) is 13.0 Å². The molecule has 3 heteroatoms. The number of aryl methyl sites for hydroxylation is 1. The van der Waals surface area contributed by atoms with Crippen LogP contribution in [0.25, 0.3) is 0 Å². The van der Waals surface area contributed by atoms with E-state index in [-0.39, 0.29) is 5.91 Å². The molecule has 0 saturated carbocycles. The van der Waals surface area contributed by atoms with Crippen LogP contribution in [0.2, 0.25) is 0 Å². The summed E-state index contributed by atoms with van der Waals surface area (Å²) in [4.78, 5) is 11.7. The molecule has 0 saturated heterocycles. The molecule has 1 aromatic heterocycles. The molecule has 17 heavy (non-hydrogen) atoms. The molecule has 3 nitrogen and oxygen atoms in total. The van der Waals surface area contributed by atoms with Crippen LogP contribution in [0, 0.1) is 0 Å². The van der Waals surface area contributed by atoms with Gasteiger partial charge in [-0.05, 0) is 17.7 Å². The minimum absolute atomic E-state index is 0.173. The van der Waals surface area contributed by atoms with Gasteiger partial charge in [-0.2, -0.15) is 0 Å². The summed E-state index contributed by atoms with van der Waals surface area (Å²) in [6, 6.07) is 13.3. The molecule has 0 atom stereocenters. The molecular weight excluding hydrogens is 214 g/mol. The van der Waals surface area contributed by atoms with E-state index >= 15 is 0 Å². The molecule has 2 aromatic rings. The van der Waals surface area contributed by atoms with Crippen LogP contribution in [0.3, 0.4) is 0 Å². The molecule has 88 valence electrons. The molecule has 1 aromatic carbocycles. The maximum absolute atomic E-state index is 11.7. The molecule has 0 fully saturated rings. The second kappa shape index (κ2) is 5.34. The maximum atomic E-state index is 11.7. The lowest BCUT2D eigenvalue weighted by Crippen LogP contribution is -2.22. The summed E-state index contributed by atoms with van der Waals surface area (Å²) in [5.41, 5.74) is 1.07. The Kier molecular flexibility index (Phi) is 3.60. The molecule has 1 heterocycles. The molecule has 0 aliphatic heterocycles. The quantitative estimate of drug-likeness (QED) is 0.875. The molecule has 0 radical (unpaired) electrons. The standard InChI is InChI=1S/C14H15NO2/c1-2-12-8-9-13(17-12)14(16)15-10-11-6-4-3-5-7-11/h3-9H,2,10H2,1H3,(H,15,16). The summed E-state index contributed by atoms with van der Waals surface area (Å²) in [6.07, 6.45) is 0.798. The van der Waals surface area contributed by atoms with Crippen molar-refractivity contribution in [2.45, 2.75) is 19.9 Å². The predicted molar refractivity (Wildman–Crippen MR) is 65.7 cm³/mol. The summed E-state index contributed by atoms with van der Waals surface area (Å²) >= 11 is 0. The van der Waals surface area contributed by atoms with Gasteiger partial charge in [0.2, 0.25) is 0 Å². The van der Waals surface area contributed by atoms with E-state index in [9.17, 15) is 4.79 Å². The monoisotopic (exact) mass is 229 g/mol. The SMILES string of the molecule is CCc1ccc(C(=O)NCc2ccccc2)o1. The van der Waals surface area contributed by atoms with Crippen LogP contribution in [0.4, 0.5) is 0 Å². The second-order valence-electron chi connectivity index (χ2n) is 3.79. The molecule has 0 aliphatic rings. The van der Waals surface area contributed by atoms with Gasteiger partial charge in [0.25, 0.3) is 5.91 Å². The zero-order valence-electron chi connectivity index (χ0n) is 9.77. The lowest BCUT2D eigenvalue weighted by atomic mass is 10.2. The van der Waals surface area contributed by atoms with E-state index in [0.29, 0.717) is 12.3 Å². The Labute approximate surface area is 100 Å². The van der Waals surface area contributed by atoms with Crippen molar-refractivity contribution < 1.29 is 9.21 Å². The van der Waals surface area contributed by atoms with Gasteiger partial charge >= 0.3 is 0 Å². The van der Waals surface area contributed by atoms with Gasteiger partial charge in [0.15, 0.2) is 5.76 Å². The molecule has 0 unspecified atom stereocenters. The summed E-state index contributed by atoms with van der Waals surface area (Å²) in [5, 5.41) is 2.82. The van der Waals surface area contributed by atoms with E-state index in [2.05, 4.69) is 5.32 Å². The van der Waals surface area contributed by atoms with E-state index in [1.807, 2.05) is 43.3 Å². The van der Waals surface area contributed by atoms with Crippen molar-refractivity contribution in [3.63, 3.8) is 0 Å². The molecule has 1 N–H and O–H groups in total. The Hall–Kier alpha value is -2.03. The van der Waals surface area contributed by atoms with Crippen molar-refractivity contribution in [1.29, 1.82) is 0 Å². The highest BCUT2D eigenvalue weighted by atomic mass is 16.3. The van der Waals surface area contributed by atoms with Crippen LogP contribution in [0.5, 0.6) is 0 Å². The zero-order chi connectivity index (χ0) is 12.1. The molecule has 1 amide bonds. The fourth-order valence-electron chi connectivity index (χ4n) is 1.56. The number of furan rings is 1. The second-order valence-corrected chi connectivity index (χ2v) is 3.79. The van der Waals surface area contributed by atoms with Crippen molar-refractivity contribution in [3.8, 4) is 0 Å². The highest BCUT2D eigenvalue weighted by Crippen LogP contribution is 2.08. The average molecular weight is 229 g/mol. The molecule has 2 rings (SSSR count). The van der Waals surface area contributed by atoms with E-state index < -0.39 is 0 Å². The van der Waals surface area contributed by atoms with Gasteiger partial charge in [-0.15, -0.1) is 0 Å². The topological polar surface area (TPSA) is 42.2 Å². The Morgan fingerprint density at radius 3 is 2.59 bits per heavy atom. The van der Waals surface area contributed by atoms with Gasteiger partial charge in [-0.25, -0.2) is 0 Å². The number of amides is 1. The number of hydrogen-bond donors (Lipinski definition) is 1. The number of carbonyl (C=O) groups is 1. The largest absolute Gasteiger partial charge is 0.456 e. The highest BCUT2D eigenvalue weighted by Gasteiger charge is 2.09. The third-order valence-electron chi connectivity index (χ3n) is 2.53. The van der Waals surface area contributed by atoms with E-state index in [1.54, 1.807) is 6.07 Å². The maximum Gasteiger partial charge on any atom is 0.287 e. The van der Waals surface area contributed by atoms with Crippen LogP contribution >= 0.6 is 0 Å². The van der Waals surface area contributed by atoms with Crippen molar-refractivity contribution >= 4 is 5.91 Å². The summed E-state index contributed by atoms with van der Waals surface area (Å²) in [7, 11) is 0. The van der Waals surface area contributed by atoms with Crippen LogP contribution in [0.1, 0.15) is 28.8 Å². The van der Waals surface area contributed by atoms with E-state index in [1.165, 1.54) is 0 Å². The normalized spacial score (nSPS) is 10.2. The first-order chi connectivity index (χ1) is 8.29. The number of carbonyl (C=O) groups excluding carboxylic acids is 1. The van der Waals surface area contributed by atoms with Crippen LogP contribution in [0.15, 0.2) is 46.9 Å². The Morgan fingerprint density at radius 2 is 1.94 bits per heavy atom. The Bertz CT molecular complexity index is 488. The van der Waals surface area contributed by atoms with Crippen molar-refractivity contribution in [3.05, 3.63) is 59.5 Å². The first kappa shape index (κ1) is 11.5. The third kappa shape index (κ3) is 2.97. The molecule has 0 bridgehead atoms. The lowest BCUT2D eigenvalue weighted by Gasteiger charge is -2.02. The summed E-state index contributed by atoms with van der Waals surface area (Å²) < 4.78 is 5.37. The lowest BCUT2D eigenvalue weighted by molar-refractivity contribution is 0.0921. The van der Waals surface area contributed by atoms with E-state index in [0.717, 1.165) is 17.7 Å². The third-order valence-corrected chi connectivity index (χ3v) is 2.53. The predicted octanol–water partition coefficient (Wildman–Crippen LogP) is 2.77. The van der Waals surface area contributed by atoms with Gasteiger partial charge in [-0.1, -0.05) is 37.3 Å². The van der Waals surface area contributed by atoms with Gasteiger partial charge in [0.1, 0.15) is 5.76 Å². The van der Waals surface area contributed by atoms with Gasteiger partial charge in [0.05, 0.1) is 0 Å². The van der Waals surface area contributed by atoms with Crippen molar-refractivity contribution in [2.75, 3.05) is 0 Å². The first-order valence-corrected chi connectivity index (χ1v) is 5.70. The fourth-order valence-corrected chi connectivity index (χ4v) is 1.56. The van der Waals surface area contributed by atoms with Crippen molar-refractivity contribution in [2.24, 2.45) is 0 Å². The number of hydrogen-bond acceptors (Lipinski definition) is 2. The smallest absolute Gasteiger partial charge is 0.287 e. The van der Waals surface area contributed by atoms with E-state index in [4.69, 9.17) is 4.42 Å². The number of benzene rings is 1. The van der Waals surface area contributed by atoms with Crippen LogP contribution in [-0.2, 0) is 13.0 Å². The van der Waals surface area contributed by atoms with Gasteiger partial charge in [-0.3, -0.25) is 4.79 Å².